The molecule has 0 radical (unpaired) electrons. The van der Waals surface area contributed by atoms with E-state index < -0.39 is 11.0 Å². The number of hydrogen-bond acceptors (Lipinski definition) is 3. The molecule has 100 valence electrons. The predicted molar refractivity (Wildman–Crippen MR) is 76.0 cm³/mol. The van der Waals surface area contributed by atoms with E-state index >= 15 is 0 Å². The Morgan fingerprint density at radius 3 is 2.26 bits per heavy atom. The molecule has 0 bridgehead atoms. The SMILES string of the molecule is COc1ccc(NS(=O)c2ccccc2OC)cc1. The lowest BCUT2D eigenvalue weighted by molar-refractivity contribution is 0.404. The molecule has 0 amide bonds. The molecule has 1 N–H and O–H groups in total. The highest BCUT2D eigenvalue weighted by Gasteiger charge is 2.09. The molecule has 1 unspecified atom stereocenters. The second-order valence-electron chi connectivity index (χ2n) is 3.75. The molecule has 0 aliphatic carbocycles. The molecule has 1 atom stereocenters. The Morgan fingerprint density at radius 1 is 0.947 bits per heavy atom. The Labute approximate surface area is 115 Å². The van der Waals surface area contributed by atoms with E-state index in [-0.39, 0.29) is 0 Å². The zero-order valence-electron chi connectivity index (χ0n) is 10.8. The molecule has 5 heteroatoms. The van der Waals surface area contributed by atoms with Crippen LogP contribution in [0.15, 0.2) is 53.4 Å². The molecule has 0 saturated heterocycles. The Kier molecular flexibility index (Phi) is 4.41. The number of ether oxygens (including phenoxy) is 2. The third-order valence-electron chi connectivity index (χ3n) is 2.57. The first-order valence-electron chi connectivity index (χ1n) is 5.70. The smallest absolute Gasteiger partial charge is 0.154 e. The third-order valence-corrected chi connectivity index (χ3v) is 3.73. The first-order valence-corrected chi connectivity index (χ1v) is 6.85. The lowest BCUT2D eigenvalue weighted by atomic mass is 10.3. The van der Waals surface area contributed by atoms with Gasteiger partial charge in [0.05, 0.1) is 14.2 Å². The fourth-order valence-corrected chi connectivity index (χ4v) is 2.59. The van der Waals surface area contributed by atoms with Gasteiger partial charge in [-0.1, -0.05) is 12.1 Å². The summed E-state index contributed by atoms with van der Waals surface area (Å²) < 4.78 is 25.4. The molecule has 4 nitrogen and oxygen atoms in total. The van der Waals surface area contributed by atoms with Crippen molar-refractivity contribution in [2.45, 2.75) is 4.90 Å². The summed E-state index contributed by atoms with van der Waals surface area (Å²) in [7, 11) is 1.80. The molecular weight excluding hydrogens is 262 g/mol. The standard InChI is InChI=1S/C14H15NO3S/c1-17-12-9-7-11(8-10-12)15-19(16)14-6-4-3-5-13(14)18-2/h3-10,15H,1-2H3. The molecule has 0 spiro atoms. The summed E-state index contributed by atoms with van der Waals surface area (Å²) in [6.45, 7) is 0. The van der Waals surface area contributed by atoms with Crippen LogP contribution in [0.25, 0.3) is 0 Å². The van der Waals surface area contributed by atoms with E-state index in [0.717, 1.165) is 11.4 Å². The Bertz CT molecular complexity index is 569. The molecule has 19 heavy (non-hydrogen) atoms. The van der Waals surface area contributed by atoms with Crippen LogP contribution in [0.2, 0.25) is 0 Å². The number of nitrogens with one attached hydrogen (secondary N) is 1. The zero-order chi connectivity index (χ0) is 13.7. The molecule has 0 saturated carbocycles. The molecule has 0 aliphatic rings. The summed E-state index contributed by atoms with van der Waals surface area (Å²) in [5, 5.41) is 0. The van der Waals surface area contributed by atoms with Crippen molar-refractivity contribution in [3.63, 3.8) is 0 Å². The number of hydrogen-bond donors (Lipinski definition) is 1. The number of anilines is 1. The van der Waals surface area contributed by atoms with Crippen molar-refractivity contribution in [1.82, 2.24) is 0 Å². The van der Waals surface area contributed by atoms with Crippen LogP contribution in [0.1, 0.15) is 0 Å². The molecule has 0 fully saturated rings. The Balaban J connectivity index is 2.16. The molecule has 0 heterocycles. The summed E-state index contributed by atoms with van der Waals surface area (Å²) in [5.74, 6) is 1.36. The largest absolute Gasteiger partial charge is 0.497 e. The van der Waals surface area contributed by atoms with Crippen molar-refractivity contribution in [3.05, 3.63) is 48.5 Å². The minimum absolute atomic E-state index is 0.599. The van der Waals surface area contributed by atoms with Gasteiger partial charge in [0.25, 0.3) is 0 Å². The minimum Gasteiger partial charge on any atom is -0.497 e. The van der Waals surface area contributed by atoms with Gasteiger partial charge in [-0.2, -0.15) is 0 Å². The molecule has 2 aromatic rings. The van der Waals surface area contributed by atoms with E-state index in [1.165, 1.54) is 0 Å². The Hall–Kier alpha value is -2.01. The highest BCUT2D eigenvalue weighted by Crippen LogP contribution is 2.23. The van der Waals surface area contributed by atoms with Crippen molar-refractivity contribution in [1.29, 1.82) is 0 Å². The fraction of sp³-hybridized carbons (Fsp3) is 0.143. The van der Waals surface area contributed by atoms with Gasteiger partial charge in [0.15, 0.2) is 11.0 Å². The quantitative estimate of drug-likeness (QED) is 0.914. The average Bonchev–Trinajstić information content (AvgIpc) is 2.48. The van der Waals surface area contributed by atoms with Gasteiger partial charge in [0.1, 0.15) is 16.4 Å². The fourth-order valence-electron chi connectivity index (χ4n) is 1.59. The molecule has 2 rings (SSSR count). The van der Waals surface area contributed by atoms with Gasteiger partial charge in [0, 0.05) is 5.69 Å². The maximum atomic E-state index is 12.2. The summed E-state index contributed by atoms with van der Waals surface area (Å²) >= 11 is 0. The van der Waals surface area contributed by atoms with E-state index in [2.05, 4.69) is 4.72 Å². The number of benzene rings is 2. The maximum absolute atomic E-state index is 12.2. The van der Waals surface area contributed by atoms with Gasteiger partial charge in [0.2, 0.25) is 0 Å². The van der Waals surface area contributed by atoms with E-state index in [9.17, 15) is 4.21 Å². The van der Waals surface area contributed by atoms with Crippen LogP contribution in [0.5, 0.6) is 11.5 Å². The average molecular weight is 277 g/mol. The van der Waals surface area contributed by atoms with E-state index in [0.29, 0.717) is 10.6 Å². The molecule has 2 aromatic carbocycles. The van der Waals surface area contributed by atoms with Crippen molar-refractivity contribution in [3.8, 4) is 11.5 Å². The lowest BCUT2D eigenvalue weighted by Gasteiger charge is -2.10. The van der Waals surface area contributed by atoms with Crippen molar-refractivity contribution in [2.24, 2.45) is 0 Å². The van der Waals surface area contributed by atoms with Gasteiger partial charge in [-0.25, -0.2) is 4.21 Å². The van der Waals surface area contributed by atoms with Crippen molar-refractivity contribution >= 4 is 16.7 Å². The van der Waals surface area contributed by atoms with Crippen LogP contribution in [-0.2, 0) is 11.0 Å². The summed E-state index contributed by atoms with van der Waals surface area (Å²) in [4.78, 5) is 0.612. The van der Waals surface area contributed by atoms with Crippen LogP contribution < -0.4 is 14.2 Å². The first-order chi connectivity index (χ1) is 9.24. The molecule has 0 aromatic heterocycles. The summed E-state index contributed by atoms with van der Waals surface area (Å²) in [5.41, 5.74) is 0.755. The van der Waals surface area contributed by atoms with Gasteiger partial charge in [-0.15, -0.1) is 0 Å². The highest BCUT2D eigenvalue weighted by molar-refractivity contribution is 7.86. The number of para-hydroxylation sites is 1. The van der Waals surface area contributed by atoms with E-state index in [1.807, 2.05) is 36.4 Å². The van der Waals surface area contributed by atoms with E-state index in [1.54, 1.807) is 26.4 Å². The van der Waals surface area contributed by atoms with Crippen LogP contribution in [-0.4, -0.2) is 18.4 Å². The van der Waals surface area contributed by atoms with Crippen LogP contribution in [0.3, 0.4) is 0 Å². The van der Waals surface area contributed by atoms with Gasteiger partial charge >= 0.3 is 0 Å². The highest BCUT2D eigenvalue weighted by atomic mass is 32.2. The van der Waals surface area contributed by atoms with Gasteiger partial charge in [-0.3, -0.25) is 0 Å². The first kappa shape index (κ1) is 13.4. The maximum Gasteiger partial charge on any atom is 0.154 e. The topological polar surface area (TPSA) is 47.6 Å². The van der Waals surface area contributed by atoms with Crippen LogP contribution >= 0.6 is 0 Å². The normalized spacial score (nSPS) is 11.7. The lowest BCUT2D eigenvalue weighted by Crippen LogP contribution is -2.06. The van der Waals surface area contributed by atoms with Crippen LogP contribution in [0, 0.1) is 0 Å². The third kappa shape index (κ3) is 3.26. The monoisotopic (exact) mass is 277 g/mol. The summed E-state index contributed by atoms with van der Waals surface area (Å²) in [6.07, 6.45) is 0. The van der Waals surface area contributed by atoms with Crippen LogP contribution in [0.4, 0.5) is 5.69 Å². The van der Waals surface area contributed by atoms with Gasteiger partial charge < -0.3 is 14.2 Å². The van der Waals surface area contributed by atoms with Crippen molar-refractivity contribution < 1.29 is 13.7 Å². The predicted octanol–water partition coefficient (Wildman–Crippen LogP) is 2.84. The summed E-state index contributed by atoms with van der Waals surface area (Å²) in [6, 6.07) is 14.5. The number of methoxy groups -OCH3 is 2. The van der Waals surface area contributed by atoms with Gasteiger partial charge in [-0.05, 0) is 36.4 Å². The second-order valence-corrected chi connectivity index (χ2v) is 4.93. The second kappa shape index (κ2) is 6.24. The Morgan fingerprint density at radius 2 is 1.63 bits per heavy atom. The van der Waals surface area contributed by atoms with Crippen molar-refractivity contribution in [2.75, 3.05) is 18.9 Å². The minimum atomic E-state index is -1.37. The zero-order valence-corrected chi connectivity index (χ0v) is 11.6. The molecule has 0 aliphatic heterocycles. The number of rotatable bonds is 5. The van der Waals surface area contributed by atoms with E-state index in [4.69, 9.17) is 9.47 Å². The molecular formula is C14H15NO3S.